The molecule has 108 valence electrons. The van der Waals surface area contributed by atoms with Gasteiger partial charge in [0.05, 0.1) is 18.8 Å². The van der Waals surface area contributed by atoms with Gasteiger partial charge in [0.2, 0.25) is 0 Å². The van der Waals surface area contributed by atoms with Crippen molar-refractivity contribution in [1.82, 2.24) is 15.1 Å². The number of nitrogens with zero attached hydrogens (tertiary/aromatic N) is 2. The molecule has 0 saturated heterocycles. The van der Waals surface area contributed by atoms with Crippen LogP contribution in [0.5, 0.6) is 5.75 Å². The van der Waals surface area contributed by atoms with E-state index in [0.717, 1.165) is 24.4 Å². The van der Waals surface area contributed by atoms with E-state index in [4.69, 9.17) is 4.74 Å². The van der Waals surface area contributed by atoms with E-state index in [9.17, 15) is 0 Å². The summed E-state index contributed by atoms with van der Waals surface area (Å²) in [5, 5.41) is 7.91. The lowest BCUT2D eigenvalue weighted by Crippen LogP contribution is -2.24. The van der Waals surface area contributed by atoms with Gasteiger partial charge in [0.1, 0.15) is 5.75 Å². The Labute approximate surface area is 120 Å². The van der Waals surface area contributed by atoms with Crippen molar-refractivity contribution in [3.05, 3.63) is 47.3 Å². The normalized spacial score (nSPS) is 12.4. The monoisotopic (exact) mass is 273 g/mol. The largest absolute Gasteiger partial charge is 0.496 e. The van der Waals surface area contributed by atoms with E-state index in [1.165, 1.54) is 11.3 Å². The van der Waals surface area contributed by atoms with Gasteiger partial charge in [0.15, 0.2) is 0 Å². The van der Waals surface area contributed by atoms with Crippen molar-refractivity contribution < 1.29 is 4.74 Å². The molecule has 0 radical (unpaired) electrons. The fourth-order valence-corrected chi connectivity index (χ4v) is 2.53. The quantitative estimate of drug-likeness (QED) is 0.879. The van der Waals surface area contributed by atoms with Gasteiger partial charge in [-0.05, 0) is 43.7 Å². The molecule has 0 spiro atoms. The minimum absolute atomic E-state index is 0.159. The van der Waals surface area contributed by atoms with Gasteiger partial charge in [0.25, 0.3) is 0 Å². The Bertz CT molecular complexity index is 563. The average Bonchev–Trinajstić information content (AvgIpc) is 2.92. The van der Waals surface area contributed by atoms with Crippen molar-refractivity contribution in [2.24, 2.45) is 0 Å². The van der Waals surface area contributed by atoms with Gasteiger partial charge in [-0.2, -0.15) is 5.10 Å². The highest BCUT2D eigenvalue weighted by Gasteiger charge is 2.17. The lowest BCUT2D eigenvalue weighted by molar-refractivity contribution is 0.411. The highest BCUT2D eigenvalue weighted by atomic mass is 16.5. The van der Waals surface area contributed by atoms with E-state index in [1.54, 1.807) is 7.11 Å². The molecule has 0 aliphatic carbocycles. The third-order valence-electron chi connectivity index (χ3n) is 3.51. The number of rotatable bonds is 6. The second-order valence-electron chi connectivity index (χ2n) is 4.79. The van der Waals surface area contributed by atoms with Crippen molar-refractivity contribution in [2.45, 2.75) is 33.4 Å². The maximum atomic E-state index is 5.34. The van der Waals surface area contributed by atoms with Crippen LogP contribution in [0.4, 0.5) is 0 Å². The summed E-state index contributed by atoms with van der Waals surface area (Å²) in [4.78, 5) is 0. The van der Waals surface area contributed by atoms with Crippen molar-refractivity contribution in [3.8, 4) is 5.75 Å². The van der Waals surface area contributed by atoms with Crippen molar-refractivity contribution in [3.63, 3.8) is 0 Å². The molecule has 1 unspecified atom stereocenters. The Hall–Kier alpha value is -1.81. The molecule has 2 rings (SSSR count). The molecule has 0 aliphatic heterocycles. The van der Waals surface area contributed by atoms with Gasteiger partial charge in [0, 0.05) is 12.7 Å². The summed E-state index contributed by atoms with van der Waals surface area (Å²) in [6.07, 6.45) is 1.86. The van der Waals surface area contributed by atoms with Crippen LogP contribution in [0.25, 0.3) is 0 Å². The maximum absolute atomic E-state index is 5.34. The van der Waals surface area contributed by atoms with Crippen LogP contribution in [0.1, 0.15) is 36.7 Å². The summed E-state index contributed by atoms with van der Waals surface area (Å²) in [6.45, 7) is 8.08. The molecule has 1 atom stereocenters. The highest BCUT2D eigenvalue weighted by molar-refractivity contribution is 5.39. The highest BCUT2D eigenvalue weighted by Crippen LogP contribution is 2.26. The van der Waals surface area contributed by atoms with Crippen LogP contribution in [0.3, 0.4) is 0 Å². The van der Waals surface area contributed by atoms with Crippen LogP contribution in [-0.2, 0) is 6.54 Å². The lowest BCUT2D eigenvalue weighted by atomic mass is 10.0. The summed E-state index contributed by atoms with van der Waals surface area (Å²) < 4.78 is 7.37. The number of ether oxygens (including phenoxy) is 1. The third-order valence-corrected chi connectivity index (χ3v) is 3.51. The molecular weight excluding hydrogens is 250 g/mol. The van der Waals surface area contributed by atoms with Crippen LogP contribution >= 0.6 is 0 Å². The predicted octanol–water partition coefficient (Wildman–Crippen LogP) is 2.92. The maximum Gasteiger partial charge on any atom is 0.121 e. The molecule has 0 aliphatic rings. The first-order chi connectivity index (χ1) is 9.71. The zero-order valence-corrected chi connectivity index (χ0v) is 12.7. The van der Waals surface area contributed by atoms with E-state index in [-0.39, 0.29) is 6.04 Å². The SMILES string of the molecule is CCNC(c1ccc(OC)c(C)c1)c1ccnn1CC. The third kappa shape index (κ3) is 2.85. The molecule has 20 heavy (non-hydrogen) atoms. The minimum Gasteiger partial charge on any atom is -0.496 e. The Morgan fingerprint density at radius 3 is 2.70 bits per heavy atom. The summed E-state index contributed by atoms with van der Waals surface area (Å²) in [7, 11) is 1.70. The van der Waals surface area contributed by atoms with Gasteiger partial charge in [-0.25, -0.2) is 0 Å². The molecule has 4 nitrogen and oxygen atoms in total. The molecule has 0 saturated carbocycles. The van der Waals surface area contributed by atoms with E-state index in [1.807, 2.05) is 16.9 Å². The zero-order valence-electron chi connectivity index (χ0n) is 12.7. The molecule has 0 amide bonds. The van der Waals surface area contributed by atoms with Crippen LogP contribution in [0, 0.1) is 6.92 Å². The number of nitrogens with one attached hydrogen (secondary N) is 1. The van der Waals surface area contributed by atoms with Gasteiger partial charge < -0.3 is 10.1 Å². The zero-order chi connectivity index (χ0) is 14.5. The lowest BCUT2D eigenvalue weighted by Gasteiger charge is -2.20. The number of benzene rings is 1. The van der Waals surface area contributed by atoms with Gasteiger partial charge in [-0.3, -0.25) is 4.68 Å². The van der Waals surface area contributed by atoms with E-state index in [2.05, 4.69) is 49.4 Å². The predicted molar refractivity (Wildman–Crippen MR) is 81.2 cm³/mol. The first kappa shape index (κ1) is 14.6. The number of aryl methyl sites for hydroxylation is 2. The molecule has 1 heterocycles. The van der Waals surface area contributed by atoms with E-state index in [0.29, 0.717) is 0 Å². The molecule has 1 aromatic carbocycles. The molecule has 4 heteroatoms. The topological polar surface area (TPSA) is 39.1 Å². The molecule has 0 bridgehead atoms. The Morgan fingerprint density at radius 1 is 1.30 bits per heavy atom. The molecule has 1 aromatic heterocycles. The summed E-state index contributed by atoms with van der Waals surface area (Å²) in [5.74, 6) is 0.924. The van der Waals surface area contributed by atoms with Crippen LogP contribution in [0.2, 0.25) is 0 Å². The van der Waals surface area contributed by atoms with E-state index >= 15 is 0 Å². The Morgan fingerprint density at radius 2 is 2.10 bits per heavy atom. The smallest absolute Gasteiger partial charge is 0.121 e. The summed E-state index contributed by atoms with van der Waals surface area (Å²) >= 11 is 0. The first-order valence-corrected chi connectivity index (χ1v) is 7.10. The number of hydrogen-bond acceptors (Lipinski definition) is 3. The van der Waals surface area contributed by atoms with Crippen LogP contribution < -0.4 is 10.1 Å². The van der Waals surface area contributed by atoms with Crippen LogP contribution in [0.15, 0.2) is 30.5 Å². The Balaban J connectivity index is 2.40. The minimum atomic E-state index is 0.159. The van der Waals surface area contributed by atoms with Crippen LogP contribution in [-0.4, -0.2) is 23.4 Å². The summed E-state index contributed by atoms with van der Waals surface area (Å²) in [6, 6.07) is 8.57. The first-order valence-electron chi connectivity index (χ1n) is 7.10. The fraction of sp³-hybridized carbons (Fsp3) is 0.438. The molecular formula is C16H23N3O. The fourth-order valence-electron chi connectivity index (χ4n) is 2.53. The summed E-state index contributed by atoms with van der Waals surface area (Å²) in [5.41, 5.74) is 3.58. The Kier molecular flexibility index (Phi) is 4.79. The van der Waals surface area contributed by atoms with E-state index < -0.39 is 0 Å². The van der Waals surface area contributed by atoms with Gasteiger partial charge in [-0.1, -0.05) is 19.1 Å². The second-order valence-corrected chi connectivity index (χ2v) is 4.79. The second kappa shape index (κ2) is 6.57. The number of hydrogen-bond donors (Lipinski definition) is 1. The van der Waals surface area contributed by atoms with Crippen molar-refractivity contribution >= 4 is 0 Å². The van der Waals surface area contributed by atoms with Gasteiger partial charge >= 0.3 is 0 Å². The number of methoxy groups -OCH3 is 1. The van der Waals surface area contributed by atoms with Gasteiger partial charge in [-0.15, -0.1) is 0 Å². The molecule has 0 fully saturated rings. The molecule has 2 aromatic rings. The molecule has 1 N–H and O–H groups in total. The standard InChI is InChI=1S/C16H23N3O/c1-5-17-16(14-9-10-18-19(14)6-2)13-7-8-15(20-4)12(3)11-13/h7-11,16-17H,5-6H2,1-4H3. The average molecular weight is 273 g/mol. The van der Waals surface area contributed by atoms with Crippen molar-refractivity contribution in [2.75, 3.05) is 13.7 Å². The number of aromatic nitrogens is 2. The van der Waals surface area contributed by atoms with Crippen molar-refractivity contribution in [1.29, 1.82) is 0 Å².